The molecule has 0 fully saturated rings. The number of carboxylic acid groups (broad SMARTS) is 1. The van der Waals surface area contributed by atoms with E-state index in [0.29, 0.717) is 11.1 Å². The monoisotopic (exact) mass is 207 g/mol. The first kappa shape index (κ1) is 9.67. The van der Waals surface area contributed by atoms with E-state index in [-0.39, 0.29) is 6.54 Å². The summed E-state index contributed by atoms with van der Waals surface area (Å²) in [6.07, 6.45) is -0.648. The van der Waals surface area contributed by atoms with E-state index < -0.39 is 18.2 Å². The van der Waals surface area contributed by atoms with Crippen molar-refractivity contribution in [1.29, 1.82) is 0 Å². The van der Waals surface area contributed by atoms with Crippen LogP contribution >= 0.6 is 0 Å². The lowest BCUT2D eigenvalue weighted by Gasteiger charge is -2.10. The summed E-state index contributed by atoms with van der Waals surface area (Å²) >= 11 is 0. The number of carboxylic acids is 1. The average molecular weight is 207 g/mol. The van der Waals surface area contributed by atoms with Crippen molar-refractivity contribution in [3.63, 3.8) is 0 Å². The Bertz CT molecular complexity index is 416. The number of fused-ring (bicyclic) bond motifs is 1. The quantitative estimate of drug-likeness (QED) is 0.707. The van der Waals surface area contributed by atoms with Gasteiger partial charge in [0.2, 0.25) is 0 Å². The van der Waals surface area contributed by atoms with Crippen LogP contribution in [0.15, 0.2) is 24.3 Å². The molecular weight excluding hydrogens is 198 g/mol. The van der Waals surface area contributed by atoms with Crippen molar-refractivity contribution in [2.24, 2.45) is 0 Å². The fourth-order valence-corrected chi connectivity index (χ4v) is 1.48. The molecule has 5 nitrogen and oxygen atoms in total. The highest BCUT2D eigenvalue weighted by Crippen LogP contribution is 2.27. The SMILES string of the molecule is O=C(O)CNC1OC(=O)c2ccccc21. The van der Waals surface area contributed by atoms with Crippen LogP contribution in [0.3, 0.4) is 0 Å². The number of cyclic esters (lactones) is 1. The van der Waals surface area contributed by atoms with E-state index in [1.165, 1.54) is 0 Å². The largest absolute Gasteiger partial charge is 0.480 e. The van der Waals surface area contributed by atoms with Gasteiger partial charge in [0.15, 0.2) is 6.23 Å². The zero-order valence-electron chi connectivity index (χ0n) is 7.77. The van der Waals surface area contributed by atoms with Gasteiger partial charge in [-0.05, 0) is 6.07 Å². The molecule has 1 aromatic rings. The summed E-state index contributed by atoms with van der Waals surface area (Å²) in [6, 6.07) is 6.90. The van der Waals surface area contributed by atoms with Crippen LogP contribution in [0.4, 0.5) is 0 Å². The molecule has 2 N–H and O–H groups in total. The molecule has 0 aliphatic carbocycles. The Morgan fingerprint density at radius 3 is 2.93 bits per heavy atom. The number of esters is 1. The lowest BCUT2D eigenvalue weighted by Crippen LogP contribution is -2.27. The molecule has 0 saturated carbocycles. The molecule has 78 valence electrons. The fraction of sp³-hybridized carbons (Fsp3) is 0.200. The Morgan fingerprint density at radius 2 is 2.20 bits per heavy atom. The van der Waals surface area contributed by atoms with Gasteiger partial charge in [0.05, 0.1) is 12.1 Å². The molecule has 2 rings (SSSR count). The molecule has 15 heavy (non-hydrogen) atoms. The Balaban J connectivity index is 2.17. The maximum absolute atomic E-state index is 11.3. The summed E-state index contributed by atoms with van der Waals surface area (Å²) in [7, 11) is 0. The van der Waals surface area contributed by atoms with Gasteiger partial charge >= 0.3 is 11.9 Å². The number of hydrogen-bond donors (Lipinski definition) is 2. The fourth-order valence-electron chi connectivity index (χ4n) is 1.48. The second-order valence-electron chi connectivity index (χ2n) is 3.15. The highest BCUT2D eigenvalue weighted by atomic mass is 16.6. The first-order valence-corrected chi connectivity index (χ1v) is 4.43. The van der Waals surface area contributed by atoms with E-state index in [4.69, 9.17) is 9.84 Å². The number of carbonyl (C=O) groups excluding carboxylic acids is 1. The third-order valence-electron chi connectivity index (χ3n) is 2.13. The third-order valence-corrected chi connectivity index (χ3v) is 2.13. The summed E-state index contributed by atoms with van der Waals surface area (Å²) in [4.78, 5) is 21.7. The lowest BCUT2D eigenvalue weighted by molar-refractivity contribution is -0.136. The number of ether oxygens (including phenoxy) is 1. The number of nitrogens with one attached hydrogen (secondary N) is 1. The van der Waals surface area contributed by atoms with E-state index in [9.17, 15) is 9.59 Å². The van der Waals surface area contributed by atoms with Gasteiger partial charge in [0, 0.05) is 5.56 Å². The summed E-state index contributed by atoms with van der Waals surface area (Å²) in [5, 5.41) is 11.1. The van der Waals surface area contributed by atoms with Gasteiger partial charge in [-0.25, -0.2) is 4.79 Å². The molecular formula is C10H9NO4. The van der Waals surface area contributed by atoms with Crippen LogP contribution in [-0.4, -0.2) is 23.6 Å². The van der Waals surface area contributed by atoms with E-state index in [1.807, 2.05) is 0 Å². The maximum Gasteiger partial charge on any atom is 0.340 e. The topological polar surface area (TPSA) is 75.6 Å². The Labute approximate surface area is 85.7 Å². The molecule has 1 aliphatic heterocycles. The lowest BCUT2D eigenvalue weighted by atomic mass is 10.1. The first-order valence-electron chi connectivity index (χ1n) is 4.43. The maximum atomic E-state index is 11.3. The molecule has 1 atom stereocenters. The highest BCUT2D eigenvalue weighted by molar-refractivity contribution is 5.93. The van der Waals surface area contributed by atoms with Crippen molar-refractivity contribution in [2.45, 2.75) is 6.23 Å². The van der Waals surface area contributed by atoms with Crippen LogP contribution in [0.2, 0.25) is 0 Å². The smallest absolute Gasteiger partial charge is 0.340 e. The number of carbonyl (C=O) groups is 2. The normalized spacial score (nSPS) is 18.4. The van der Waals surface area contributed by atoms with E-state index in [1.54, 1.807) is 24.3 Å². The molecule has 0 saturated heterocycles. The van der Waals surface area contributed by atoms with Crippen LogP contribution in [0.25, 0.3) is 0 Å². The molecule has 1 aromatic carbocycles. The molecule has 0 bridgehead atoms. The molecule has 1 unspecified atom stereocenters. The van der Waals surface area contributed by atoms with Gasteiger partial charge in [0.1, 0.15) is 0 Å². The van der Waals surface area contributed by atoms with Crippen molar-refractivity contribution in [3.05, 3.63) is 35.4 Å². The number of benzene rings is 1. The van der Waals surface area contributed by atoms with Crippen LogP contribution < -0.4 is 5.32 Å². The van der Waals surface area contributed by atoms with Crippen molar-refractivity contribution in [2.75, 3.05) is 6.54 Å². The van der Waals surface area contributed by atoms with Gasteiger partial charge in [-0.15, -0.1) is 0 Å². The predicted octanol–water partition coefficient (Wildman–Crippen LogP) is 0.530. The summed E-state index contributed by atoms with van der Waals surface area (Å²) < 4.78 is 4.97. The summed E-state index contributed by atoms with van der Waals surface area (Å²) in [6.45, 7) is -0.244. The number of aliphatic carboxylic acids is 1. The molecule has 1 heterocycles. The predicted molar refractivity (Wildman–Crippen MR) is 50.2 cm³/mol. The average Bonchev–Trinajstić information content (AvgIpc) is 2.54. The molecule has 0 spiro atoms. The third kappa shape index (κ3) is 1.82. The van der Waals surface area contributed by atoms with Gasteiger partial charge in [0.25, 0.3) is 0 Å². The summed E-state index contributed by atoms with van der Waals surface area (Å²) in [5.41, 5.74) is 1.17. The van der Waals surface area contributed by atoms with E-state index in [2.05, 4.69) is 5.32 Å². The second-order valence-corrected chi connectivity index (χ2v) is 3.15. The van der Waals surface area contributed by atoms with Crippen molar-refractivity contribution in [3.8, 4) is 0 Å². The molecule has 0 aromatic heterocycles. The van der Waals surface area contributed by atoms with Crippen LogP contribution in [-0.2, 0) is 9.53 Å². The van der Waals surface area contributed by atoms with E-state index in [0.717, 1.165) is 0 Å². The number of hydrogen-bond acceptors (Lipinski definition) is 4. The van der Waals surface area contributed by atoms with Crippen LogP contribution in [0, 0.1) is 0 Å². The zero-order valence-corrected chi connectivity index (χ0v) is 7.77. The zero-order chi connectivity index (χ0) is 10.8. The second kappa shape index (κ2) is 3.70. The van der Waals surface area contributed by atoms with Gasteiger partial charge in [-0.1, -0.05) is 18.2 Å². The van der Waals surface area contributed by atoms with E-state index >= 15 is 0 Å². The van der Waals surface area contributed by atoms with Crippen LogP contribution in [0.1, 0.15) is 22.1 Å². The Hall–Kier alpha value is -1.88. The summed E-state index contributed by atoms with van der Waals surface area (Å²) in [5.74, 6) is -1.41. The first-order chi connectivity index (χ1) is 7.18. The molecule has 5 heteroatoms. The molecule has 1 aliphatic rings. The van der Waals surface area contributed by atoms with Crippen molar-refractivity contribution in [1.82, 2.24) is 5.32 Å². The number of rotatable bonds is 3. The van der Waals surface area contributed by atoms with Crippen molar-refractivity contribution >= 4 is 11.9 Å². The molecule has 0 amide bonds. The standard InChI is InChI=1S/C10H9NO4/c12-8(13)5-11-9-6-3-1-2-4-7(6)10(14)15-9/h1-4,9,11H,5H2,(H,12,13). The highest BCUT2D eigenvalue weighted by Gasteiger charge is 2.30. The minimum Gasteiger partial charge on any atom is -0.480 e. The van der Waals surface area contributed by atoms with Gasteiger partial charge in [-0.2, -0.15) is 0 Å². The minimum atomic E-state index is -0.990. The Morgan fingerprint density at radius 1 is 1.47 bits per heavy atom. The minimum absolute atomic E-state index is 0.244. The van der Waals surface area contributed by atoms with Crippen molar-refractivity contribution < 1.29 is 19.4 Å². The van der Waals surface area contributed by atoms with Gasteiger partial charge < -0.3 is 9.84 Å². The van der Waals surface area contributed by atoms with Gasteiger partial charge in [-0.3, -0.25) is 10.1 Å². The van der Waals surface area contributed by atoms with Crippen LogP contribution in [0.5, 0.6) is 0 Å². The Kier molecular flexibility index (Phi) is 2.39. The molecule has 0 radical (unpaired) electrons.